The van der Waals surface area contributed by atoms with Crippen LogP contribution in [-0.4, -0.2) is 10.3 Å². The average Bonchev–Trinajstić information content (AvgIpc) is 3.54. The van der Waals surface area contributed by atoms with Gasteiger partial charge in [-0.25, -0.2) is 0 Å². The summed E-state index contributed by atoms with van der Waals surface area (Å²) in [5.41, 5.74) is 6.22. The number of nitrogens with zero attached hydrogens (tertiary/aromatic N) is 4. The minimum atomic E-state index is 0.225. The van der Waals surface area contributed by atoms with Crippen LogP contribution >= 0.6 is 0 Å². The smallest absolute Gasteiger partial charge is 0.167 e. The number of rotatable bonds is 8. The molecular weight excluding hydrogens is 424 g/mol. The molecule has 4 aromatic rings. The van der Waals surface area contributed by atoms with Crippen LogP contribution < -0.4 is 0 Å². The van der Waals surface area contributed by atoms with E-state index in [0.29, 0.717) is 40.5 Å². The summed E-state index contributed by atoms with van der Waals surface area (Å²) in [4.78, 5) is 0. The summed E-state index contributed by atoms with van der Waals surface area (Å²) in [6.07, 6.45) is 3.97. The Hall–Kier alpha value is -4.94. The van der Waals surface area contributed by atoms with E-state index in [2.05, 4.69) is 35.6 Å². The highest BCUT2D eigenvalue weighted by atomic mass is 16.5. The standard InChI is InChI=1S/C28H20N4O2/c1-3-21(14-19(2)10-12-29)27-17-25(31-33-27)22-7-5-8-23(16-22)26-18-28(34-32-26)24-9-4-6-20(15-24)11-13-30/h3-9,14-18H,1-2,10-11H2/b21-14+. The third-order valence-electron chi connectivity index (χ3n) is 5.14. The normalized spacial score (nSPS) is 10.9. The molecule has 0 aliphatic carbocycles. The fourth-order valence-corrected chi connectivity index (χ4v) is 3.46. The molecule has 2 heterocycles. The maximum atomic E-state index is 8.94. The van der Waals surface area contributed by atoms with Gasteiger partial charge in [-0.3, -0.25) is 0 Å². The maximum absolute atomic E-state index is 8.94. The number of aromatic nitrogens is 2. The molecule has 0 fully saturated rings. The molecular formula is C28H20N4O2. The number of allylic oxidation sites excluding steroid dienone is 4. The quantitative estimate of drug-likeness (QED) is 0.278. The molecule has 0 bridgehead atoms. The Balaban J connectivity index is 1.60. The molecule has 4 rings (SSSR count). The second-order valence-corrected chi connectivity index (χ2v) is 7.57. The average molecular weight is 444 g/mol. The molecule has 34 heavy (non-hydrogen) atoms. The Morgan fingerprint density at radius 2 is 1.59 bits per heavy atom. The van der Waals surface area contributed by atoms with Crippen molar-refractivity contribution in [2.45, 2.75) is 12.8 Å². The lowest BCUT2D eigenvalue weighted by atomic mass is 10.0. The largest absolute Gasteiger partial charge is 0.356 e. The zero-order valence-electron chi connectivity index (χ0n) is 18.4. The van der Waals surface area contributed by atoms with Gasteiger partial charge in [-0.1, -0.05) is 65.9 Å². The summed E-state index contributed by atoms with van der Waals surface area (Å²) in [6.45, 7) is 7.68. The van der Waals surface area contributed by atoms with E-state index in [1.807, 2.05) is 60.7 Å². The van der Waals surface area contributed by atoms with Gasteiger partial charge in [-0.2, -0.15) is 10.5 Å². The summed E-state index contributed by atoms with van der Waals surface area (Å²) >= 11 is 0. The monoisotopic (exact) mass is 444 g/mol. The summed E-state index contributed by atoms with van der Waals surface area (Å²) in [5, 5.41) is 26.2. The summed E-state index contributed by atoms with van der Waals surface area (Å²) in [7, 11) is 0. The second-order valence-electron chi connectivity index (χ2n) is 7.57. The maximum Gasteiger partial charge on any atom is 0.167 e. The van der Waals surface area contributed by atoms with E-state index in [4.69, 9.17) is 19.6 Å². The Kier molecular flexibility index (Phi) is 6.63. The third kappa shape index (κ3) is 4.93. The number of nitriles is 2. The topological polar surface area (TPSA) is 99.6 Å². The SMILES string of the molecule is C=C/C(=C\C(=C)CC#N)c1cc(-c2cccc(-c3cc(-c4cccc(CC#N)c4)on3)c2)no1. The van der Waals surface area contributed by atoms with Gasteiger partial charge in [0.25, 0.3) is 0 Å². The molecule has 0 aliphatic heterocycles. The van der Waals surface area contributed by atoms with Crippen molar-refractivity contribution >= 4 is 5.57 Å². The minimum absolute atomic E-state index is 0.225. The number of hydrogen-bond donors (Lipinski definition) is 0. The molecule has 0 atom stereocenters. The van der Waals surface area contributed by atoms with Gasteiger partial charge in [-0.05, 0) is 29.3 Å². The van der Waals surface area contributed by atoms with E-state index >= 15 is 0 Å². The van der Waals surface area contributed by atoms with Gasteiger partial charge in [0.15, 0.2) is 11.5 Å². The van der Waals surface area contributed by atoms with Crippen LogP contribution in [0.1, 0.15) is 17.7 Å². The van der Waals surface area contributed by atoms with Crippen molar-refractivity contribution in [3.63, 3.8) is 0 Å². The molecule has 0 spiro atoms. The highest BCUT2D eigenvalue weighted by molar-refractivity contribution is 5.77. The highest BCUT2D eigenvalue weighted by Gasteiger charge is 2.13. The van der Waals surface area contributed by atoms with Gasteiger partial charge >= 0.3 is 0 Å². The molecule has 6 nitrogen and oxygen atoms in total. The number of benzene rings is 2. The van der Waals surface area contributed by atoms with E-state index in [1.54, 1.807) is 12.2 Å². The minimum Gasteiger partial charge on any atom is -0.356 e. The van der Waals surface area contributed by atoms with Crippen molar-refractivity contribution < 1.29 is 9.05 Å². The van der Waals surface area contributed by atoms with Crippen LogP contribution in [0.5, 0.6) is 0 Å². The molecule has 0 radical (unpaired) electrons. The van der Waals surface area contributed by atoms with Crippen molar-refractivity contribution in [3.05, 3.63) is 103 Å². The van der Waals surface area contributed by atoms with Crippen LogP contribution in [-0.2, 0) is 6.42 Å². The predicted molar refractivity (Wildman–Crippen MR) is 130 cm³/mol. The van der Waals surface area contributed by atoms with Crippen LogP contribution in [0.15, 0.2) is 101 Å². The van der Waals surface area contributed by atoms with Crippen molar-refractivity contribution in [2.75, 3.05) is 0 Å². The Bertz CT molecular complexity index is 1470. The van der Waals surface area contributed by atoms with Crippen LogP contribution in [0.3, 0.4) is 0 Å². The van der Waals surface area contributed by atoms with Gasteiger partial charge in [0.05, 0.1) is 25.0 Å². The lowest BCUT2D eigenvalue weighted by Gasteiger charge is -1.99. The fourth-order valence-electron chi connectivity index (χ4n) is 3.46. The predicted octanol–water partition coefficient (Wildman–Crippen LogP) is 6.77. The van der Waals surface area contributed by atoms with Gasteiger partial charge in [0, 0.05) is 34.4 Å². The van der Waals surface area contributed by atoms with Crippen molar-refractivity contribution in [2.24, 2.45) is 0 Å². The van der Waals surface area contributed by atoms with Gasteiger partial charge in [0.1, 0.15) is 11.4 Å². The van der Waals surface area contributed by atoms with E-state index in [9.17, 15) is 0 Å². The summed E-state index contributed by atoms with van der Waals surface area (Å²) < 4.78 is 11.1. The van der Waals surface area contributed by atoms with Crippen molar-refractivity contribution in [1.29, 1.82) is 10.5 Å². The molecule has 0 N–H and O–H groups in total. The highest BCUT2D eigenvalue weighted by Crippen LogP contribution is 2.30. The first-order valence-electron chi connectivity index (χ1n) is 10.5. The van der Waals surface area contributed by atoms with Crippen molar-refractivity contribution in [3.8, 4) is 46.0 Å². The molecule has 6 heteroatoms. The molecule has 0 amide bonds. The lowest BCUT2D eigenvalue weighted by molar-refractivity contribution is 0.413. The van der Waals surface area contributed by atoms with E-state index in [-0.39, 0.29) is 6.42 Å². The summed E-state index contributed by atoms with van der Waals surface area (Å²) in [5.74, 6) is 1.16. The fraction of sp³-hybridized carbons (Fsp3) is 0.0714. The second kappa shape index (κ2) is 10.1. The molecule has 0 aliphatic rings. The van der Waals surface area contributed by atoms with E-state index in [0.717, 1.165) is 22.3 Å². The van der Waals surface area contributed by atoms with Gasteiger partial charge in [0.2, 0.25) is 0 Å². The first-order chi connectivity index (χ1) is 16.6. The van der Waals surface area contributed by atoms with Crippen LogP contribution in [0.4, 0.5) is 0 Å². The Labute approximate surface area is 197 Å². The van der Waals surface area contributed by atoms with Crippen molar-refractivity contribution in [1.82, 2.24) is 10.3 Å². The van der Waals surface area contributed by atoms with Gasteiger partial charge in [-0.15, -0.1) is 0 Å². The third-order valence-corrected chi connectivity index (χ3v) is 5.14. The zero-order valence-corrected chi connectivity index (χ0v) is 18.4. The van der Waals surface area contributed by atoms with Crippen LogP contribution in [0, 0.1) is 22.7 Å². The van der Waals surface area contributed by atoms with Crippen LogP contribution in [0.2, 0.25) is 0 Å². The van der Waals surface area contributed by atoms with Crippen LogP contribution in [0.25, 0.3) is 39.4 Å². The first-order valence-corrected chi connectivity index (χ1v) is 10.5. The molecule has 0 saturated heterocycles. The molecule has 2 aromatic carbocycles. The Morgan fingerprint density at radius 1 is 0.882 bits per heavy atom. The van der Waals surface area contributed by atoms with E-state index < -0.39 is 0 Å². The first kappa shape index (κ1) is 22.3. The van der Waals surface area contributed by atoms with Gasteiger partial charge < -0.3 is 9.05 Å². The number of hydrogen-bond acceptors (Lipinski definition) is 6. The van der Waals surface area contributed by atoms with E-state index in [1.165, 1.54) is 0 Å². The molecule has 0 saturated carbocycles. The molecule has 2 aromatic heterocycles. The molecule has 164 valence electrons. The Morgan fingerprint density at radius 3 is 2.32 bits per heavy atom. The molecule has 0 unspecified atom stereocenters. The summed E-state index contributed by atoms with van der Waals surface area (Å²) in [6, 6.07) is 23.3. The lowest BCUT2D eigenvalue weighted by Crippen LogP contribution is -1.82. The zero-order chi connectivity index (χ0) is 23.9.